The molecule has 0 bridgehead atoms. The fraction of sp³-hybridized carbons (Fsp3) is 0.474. The molecule has 132 valence electrons. The van der Waals surface area contributed by atoms with Crippen LogP contribution in [0, 0.1) is 6.92 Å². The molecule has 1 N–H and O–H groups in total. The molecule has 1 amide bonds. The van der Waals surface area contributed by atoms with E-state index in [0.29, 0.717) is 19.8 Å². The number of ether oxygens (including phenoxy) is 2. The van der Waals surface area contributed by atoms with Crippen LogP contribution in [0.2, 0.25) is 0 Å². The van der Waals surface area contributed by atoms with Gasteiger partial charge in [-0.05, 0) is 37.3 Å². The number of nitrogens with zero attached hydrogens (tertiary/aromatic N) is 2. The molecule has 0 unspecified atom stereocenters. The summed E-state index contributed by atoms with van der Waals surface area (Å²) in [6.45, 7) is 3.25. The summed E-state index contributed by atoms with van der Waals surface area (Å²) in [7, 11) is 0. The maximum Gasteiger partial charge on any atom is 0.257 e. The summed E-state index contributed by atoms with van der Waals surface area (Å²) in [6, 6.07) is 8.65. The predicted octanol–water partition coefficient (Wildman–Crippen LogP) is 2.47. The Hall–Kier alpha value is -2.18. The highest BCUT2D eigenvalue weighted by atomic mass is 16.6. The first kappa shape index (κ1) is 16.3. The monoisotopic (exact) mass is 341 g/mol. The number of carbonyl (C=O) groups excluding carboxylic acids is 1. The van der Waals surface area contributed by atoms with E-state index in [1.165, 1.54) is 11.1 Å². The number of benzene rings is 1. The van der Waals surface area contributed by atoms with Gasteiger partial charge in [-0.3, -0.25) is 4.79 Å². The Morgan fingerprint density at radius 3 is 3.04 bits per heavy atom. The summed E-state index contributed by atoms with van der Waals surface area (Å²) in [5.74, 6) is 0.578. The Labute approximate surface area is 147 Å². The molecule has 0 radical (unpaired) electrons. The summed E-state index contributed by atoms with van der Waals surface area (Å²) in [6.07, 6.45) is 4.49. The van der Waals surface area contributed by atoms with Gasteiger partial charge in [0.15, 0.2) is 6.10 Å². The standard InChI is InChI=1S/C19H23N3O3/c1-13-11-20-22(16-8-4-6-14-5-2-3-7-15(14)16)18(13)21-19(23)17-12-24-9-10-25-17/h2-3,5,7,11,16-17H,4,6,8-10,12H2,1H3,(H,21,23)/t16-,17-/m1/s1. The maximum atomic E-state index is 12.5. The number of amides is 1. The van der Waals surface area contributed by atoms with Crippen molar-refractivity contribution < 1.29 is 14.3 Å². The van der Waals surface area contributed by atoms with Gasteiger partial charge in [-0.15, -0.1) is 0 Å². The lowest BCUT2D eigenvalue weighted by Gasteiger charge is -2.28. The van der Waals surface area contributed by atoms with E-state index in [-0.39, 0.29) is 11.9 Å². The van der Waals surface area contributed by atoms with Crippen LogP contribution < -0.4 is 5.32 Å². The van der Waals surface area contributed by atoms with Gasteiger partial charge in [-0.25, -0.2) is 4.68 Å². The first-order chi connectivity index (χ1) is 12.2. The molecule has 25 heavy (non-hydrogen) atoms. The fourth-order valence-corrected chi connectivity index (χ4v) is 3.66. The molecule has 1 aliphatic carbocycles. The lowest BCUT2D eigenvalue weighted by molar-refractivity contribution is -0.142. The van der Waals surface area contributed by atoms with Crippen molar-refractivity contribution in [3.63, 3.8) is 0 Å². The third-order valence-corrected chi connectivity index (χ3v) is 4.96. The van der Waals surface area contributed by atoms with Gasteiger partial charge in [0.2, 0.25) is 0 Å². The van der Waals surface area contributed by atoms with Crippen molar-refractivity contribution in [3.8, 4) is 0 Å². The number of anilines is 1. The molecule has 6 heteroatoms. The summed E-state index contributed by atoms with van der Waals surface area (Å²) in [4.78, 5) is 12.5. The summed E-state index contributed by atoms with van der Waals surface area (Å²) >= 11 is 0. The third kappa shape index (κ3) is 3.19. The molecule has 4 rings (SSSR count). The zero-order valence-electron chi connectivity index (χ0n) is 14.4. The van der Waals surface area contributed by atoms with E-state index in [1.54, 1.807) is 0 Å². The van der Waals surface area contributed by atoms with Crippen molar-refractivity contribution >= 4 is 11.7 Å². The SMILES string of the molecule is Cc1cnn([C@@H]2CCCc3ccccc32)c1NC(=O)[C@H]1COCCO1. The highest BCUT2D eigenvalue weighted by Gasteiger charge is 2.28. The van der Waals surface area contributed by atoms with E-state index in [0.717, 1.165) is 30.6 Å². The highest BCUT2D eigenvalue weighted by Crippen LogP contribution is 2.35. The van der Waals surface area contributed by atoms with Crippen molar-refractivity contribution in [3.05, 3.63) is 47.2 Å². The Morgan fingerprint density at radius 1 is 1.32 bits per heavy atom. The first-order valence-electron chi connectivity index (χ1n) is 8.86. The van der Waals surface area contributed by atoms with Crippen LogP contribution in [0.1, 0.15) is 35.6 Å². The molecule has 1 aliphatic heterocycles. The number of hydrogen-bond acceptors (Lipinski definition) is 4. The first-order valence-corrected chi connectivity index (χ1v) is 8.86. The number of nitrogens with one attached hydrogen (secondary N) is 1. The minimum atomic E-state index is -0.560. The number of aryl methyl sites for hydroxylation is 2. The molecule has 2 heterocycles. The van der Waals surface area contributed by atoms with Crippen molar-refractivity contribution in [2.24, 2.45) is 0 Å². The smallest absolute Gasteiger partial charge is 0.257 e. The molecule has 2 aromatic rings. The van der Waals surface area contributed by atoms with E-state index in [2.05, 4.69) is 34.7 Å². The van der Waals surface area contributed by atoms with Gasteiger partial charge in [0.05, 0.1) is 32.1 Å². The zero-order valence-corrected chi connectivity index (χ0v) is 14.4. The van der Waals surface area contributed by atoms with Gasteiger partial charge in [-0.1, -0.05) is 24.3 Å². The Bertz CT molecular complexity index is 765. The topological polar surface area (TPSA) is 65.4 Å². The van der Waals surface area contributed by atoms with Crippen molar-refractivity contribution in [2.45, 2.75) is 38.3 Å². The second-order valence-electron chi connectivity index (χ2n) is 6.65. The summed E-state index contributed by atoms with van der Waals surface area (Å²) in [5, 5.41) is 7.58. The average Bonchev–Trinajstić information content (AvgIpc) is 3.02. The lowest BCUT2D eigenvalue weighted by Crippen LogP contribution is -2.39. The molecule has 0 saturated carbocycles. The van der Waals surface area contributed by atoms with E-state index in [4.69, 9.17) is 9.47 Å². The molecular formula is C19H23N3O3. The molecule has 1 saturated heterocycles. The Morgan fingerprint density at radius 2 is 2.20 bits per heavy atom. The largest absolute Gasteiger partial charge is 0.376 e. The predicted molar refractivity (Wildman–Crippen MR) is 93.7 cm³/mol. The van der Waals surface area contributed by atoms with E-state index in [9.17, 15) is 4.79 Å². The Kier molecular flexibility index (Phi) is 4.55. The van der Waals surface area contributed by atoms with Gasteiger partial charge in [0.25, 0.3) is 5.91 Å². The van der Waals surface area contributed by atoms with Gasteiger partial charge < -0.3 is 14.8 Å². The fourth-order valence-electron chi connectivity index (χ4n) is 3.66. The third-order valence-electron chi connectivity index (χ3n) is 4.96. The van der Waals surface area contributed by atoms with E-state index >= 15 is 0 Å². The molecule has 1 aromatic carbocycles. The molecular weight excluding hydrogens is 318 g/mol. The summed E-state index contributed by atoms with van der Waals surface area (Å²) in [5.41, 5.74) is 3.62. The zero-order chi connectivity index (χ0) is 17.2. The minimum absolute atomic E-state index is 0.150. The van der Waals surface area contributed by atoms with Crippen molar-refractivity contribution in [1.82, 2.24) is 9.78 Å². The van der Waals surface area contributed by atoms with Crippen LogP contribution in [0.3, 0.4) is 0 Å². The normalized spacial score (nSPS) is 23.1. The molecule has 6 nitrogen and oxygen atoms in total. The van der Waals surface area contributed by atoms with Gasteiger partial charge >= 0.3 is 0 Å². The molecule has 2 aliphatic rings. The minimum Gasteiger partial charge on any atom is -0.376 e. The number of aromatic nitrogens is 2. The van der Waals surface area contributed by atoms with Gasteiger partial charge in [0, 0.05) is 5.56 Å². The number of hydrogen-bond donors (Lipinski definition) is 1. The Balaban J connectivity index is 1.61. The maximum absolute atomic E-state index is 12.5. The van der Waals surface area contributed by atoms with Gasteiger partial charge in [-0.2, -0.15) is 5.10 Å². The molecule has 2 atom stereocenters. The molecule has 0 spiro atoms. The second-order valence-corrected chi connectivity index (χ2v) is 6.65. The van der Waals surface area contributed by atoms with Crippen LogP contribution in [0.25, 0.3) is 0 Å². The number of fused-ring (bicyclic) bond motifs is 1. The summed E-state index contributed by atoms with van der Waals surface area (Å²) < 4.78 is 12.8. The second kappa shape index (κ2) is 6.98. The van der Waals surface area contributed by atoms with Crippen LogP contribution in [-0.4, -0.2) is 41.6 Å². The van der Waals surface area contributed by atoms with Crippen LogP contribution in [0.5, 0.6) is 0 Å². The number of rotatable bonds is 3. The highest BCUT2D eigenvalue weighted by molar-refractivity contribution is 5.94. The molecule has 1 fully saturated rings. The van der Waals surface area contributed by atoms with Crippen LogP contribution in [-0.2, 0) is 20.7 Å². The average molecular weight is 341 g/mol. The van der Waals surface area contributed by atoms with E-state index in [1.807, 2.05) is 17.8 Å². The number of carbonyl (C=O) groups is 1. The molecule has 1 aromatic heterocycles. The van der Waals surface area contributed by atoms with Crippen LogP contribution in [0.15, 0.2) is 30.5 Å². The van der Waals surface area contributed by atoms with Crippen LogP contribution in [0.4, 0.5) is 5.82 Å². The van der Waals surface area contributed by atoms with Crippen molar-refractivity contribution in [1.29, 1.82) is 0 Å². The van der Waals surface area contributed by atoms with Crippen molar-refractivity contribution in [2.75, 3.05) is 25.1 Å². The van der Waals surface area contributed by atoms with Gasteiger partial charge in [0.1, 0.15) is 5.82 Å². The quantitative estimate of drug-likeness (QED) is 0.931. The van der Waals surface area contributed by atoms with E-state index < -0.39 is 6.10 Å². The van der Waals surface area contributed by atoms with Crippen LogP contribution >= 0.6 is 0 Å². The lowest BCUT2D eigenvalue weighted by atomic mass is 9.88.